The molecule has 31 heavy (non-hydrogen) atoms. The van der Waals surface area contributed by atoms with E-state index in [1.165, 1.54) is 9.75 Å². The molecule has 0 fully saturated rings. The van der Waals surface area contributed by atoms with Crippen molar-refractivity contribution in [2.24, 2.45) is 4.99 Å². The lowest BCUT2D eigenvalue weighted by Crippen LogP contribution is -2.32. The second kappa shape index (κ2) is 13.2. The summed E-state index contributed by atoms with van der Waals surface area (Å²) in [5, 5.41) is 6.80. The summed E-state index contributed by atoms with van der Waals surface area (Å²) in [7, 11) is 1.68. The Hall–Kier alpha value is -2.29. The van der Waals surface area contributed by atoms with E-state index in [9.17, 15) is 0 Å². The van der Waals surface area contributed by atoms with Crippen molar-refractivity contribution in [2.75, 3.05) is 52.0 Å². The van der Waals surface area contributed by atoms with Gasteiger partial charge >= 0.3 is 0 Å². The van der Waals surface area contributed by atoms with Gasteiger partial charge in [0.1, 0.15) is 0 Å². The third-order valence-corrected chi connectivity index (χ3v) is 5.87. The molecule has 1 aliphatic heterocycles. The molecule has 0 radical (unpaired) electrons. The average Bonchev–Trinajstić information content (AvgIpc) is 3.13. The molecule has 0 atom stereocenters. The van der Waals surface area contributed by atoms with Gasteiger partial charge in [-0.3, -0.25) is 0 Å². The highest BCUT2D eigenvalue weighted by atomic mass is 32.1. The van der Waals surface area contributed by atoms with Crippen molar-refractivity contribution >= 4 is 23.0 Å². The fourth-order valence-electron chi connectivity index (χ4n) is 3.00. The van der Waals surface area contributed by atoms with Crippen molar-refractivity contribution in [1.82, 2.24) is 5.32 Å². The topological polar surface area (TPSA) is 73.3 Å². The van der Waals surface area contributed by atoms with Crippen LogP contribution in [0.1, 0.15) is 29.5 Å². The molecule has 0 aliphatic carbocycles. The van der Waals surface area contributed by atoms with Gasteiger partial charge in [0.25, 0.3) is 0 Å². The van der Waals surface area contributed by atoms with Crippen molar-refractivity contribution in [1.29, 1.82) is 0 Å². The first kappa shape index (κ1) is 23.4. The molecule has 0 spiro atoms. The predicted molar refractivity (Wildman–Crippen MR) is 126 cm³/mol. The molecular weight excluding hydrogens is 414 g/mol. The van der Waals surface area contributed by atoms with E-state index in [-0.39, 0.29) is 0 Å². The first-order chi connectivity index (χ1) is 15.3. The van der Waals surface area contributed by atoms with Crippen molar-refractivity contribution in [3.63, 3.8) is 0 Å². The van der Waals surface area contributed by atoms with Gasteiger partial charge in [0.2, 0.25) is 0 Å². The molecule has 8 heteroatoms. The smallest absolute Gasteiger partial charge is 0.196 e. The molecule has 1 aromatic heterocycles. The summed E-state index contributed by atoms with van der Waals surface area (Å²) in [6.07, 6.45) is 2.82. The van der Waals surface area contributed by atoms with E-state index >= 15 is 0 Å². The number of hydrogen-bond donors (Lipinski definition) is 2. The molecule has 2 aromatic rings. The fraction of sp³-hybridized carbons (Fsp3) is 0.522. The summed E-state index contributed by atoms with van der Waals surface area (Å²) in [6.45, 7) is 6.82. The molecule has 3 rings (SSSR count). The molecule has 7 nitrogen and oxygen atoms in total. The van der Waals surface area contributed by atoms with Crippen LogP contribution in [0.15, 0.2) is 35.3 Å². The zero-order chi connectivity index (χ0) is 21.7. The Bertz CT molecular complexity index is 825. The number of hydrogen-bond acceptors (Lipinski definition) is 6. The highest BCUT2D eigenvalue weighted by Crippen LogP contribution is 2.32. The number of benzene rings is 1. The van der Waals surface area contributed by atoms with Crippen molar-refractivity contribution in [3.8, 4) is 11.5 Å². The van der Waals surface area contributed by atoms with E-state index in [0.717, 1.165) is 49.0 Å². The largest absolute Gasteiger partial charge is 0.490 e. The van der Waals surface area contributed by atoms with Crippen LogP contribution in [-0.4, -0.2) is 52.6 Å². The van der Waals surface area contributed by atoms with Gasteiger partial charge in [0, 0.05) is 48.2 Å². The van der Waals surface area contributed by atoms with E-state index in [1.807, 2.05) is 29.5 Å². The second-order valence-electron chi connectivity index (χ2n) is 7.11. The molecule has 0 bridgehead atoms. The van der Waals surface area contributed by atoms with Gasteiger partial charge in [-0.05, 0) is 37.1 Å². The minimum atomic E-state index is 0.616. The second-order valence-corrected chi connectivity index (χ2v) is 8.36. The number of rotatable bonds is 11. The van der Waals surface area contributed by atoms with Crippen LogP contribution in [0.25, 0.3) is 0 Å². The molecule has 0 unspecified atom stereocenters. The van der Waals surface area contributed by atoms with Gasteiger partial charge in [-0.15, -0.1) is 11.3 Å². The normalized spacial score (nSPS) is 13.7. The van der Waals surface area contributed by atoms with Crippen LogP contribution in [-0.2, 0) is 22.4 Å². The Morgan fingerprint density at radius 1 is 1.06 bits per heavy atom. The molecular formula is C23H33N3O4S. The molecule has 1 aliphatic rings. The maximum atomic E-state index is 5.81. The van der Waals surface area contributed by atoms with Crippen molar-refractivity contribution < 1.29 is 18.9 Å². The van der Waals surface area contributed by atoms with Gasteiger partial charge < -0.3 is 29.6 Å². The Balaban J connectivity index is 1.60. The minimum Gasteiger partial charge on any atom is -0.490 e. The number of guanidine groups is 1. The highest BCUT2D eigenvalue weighted by Gasteiger charge is 2.11. The summed E-state index contributed by atoms with van der Waals surface area (Å²) in [6, 6.07) is 10.2. The Morgan fingerprint density at radius 2 is 1.90 bits per heavy atom. The summed E-state index contributed by atoms with van der Waals surface area (Å²) < 4.78 is 22.1. The maximum Gasteiger partial charge on any atom is 0.196 e. The van der Waals surface area contributed by atoms with Gasteiger partial charge in [-0.2, -0.15) is 0 Å². The lowest BCUT2D eigenvalue weighted by atomic mass is 10.2. The summed E-state index contributed by atoms with van der Waals surface area (Å²) in [5.41, 5.74) is 0.910. The molecule has 2 N–H and O–H groups in total. The Kier molecular flexibility index (Phi) is 9.95. The molecule has 0 saturated carbocycles. The number of thiophene rings is 1. The van der Waals surface area contributed by atoms with Crippen LogP contribution >= 0.6 is 11.3 Å². The first-order valence-corrected chi connectivity index (χ1v) is 11.7. The quantitative estimate of drug-likeness (QED) is 0.307. The van der Waals surface area contributed by atoms with Gasteiger partial charge in [-0.1, -0.05) is 6.92 Å². The molecule has 0 saturated heterocycles. The number of anilines is 1. The monoisotopic (exact) mass is 447 g/mol. The molecule has 2 heterocycles. The number of fused-ring (bicyclic) bond motifs is 1. The van der Waals surface area contributed by atoms with Gasteiger partial charge in [0.05, 0.1) is 33.0 Å². The number of nitrogens with zero attached hydrogens (tertiary/aromatic N) is 1. The molecule has 170 valence electrons. The predicted octanol–water partition coefficient (Wildman–Crippen LogP) is 4.08. The minimum absolute atomic E-state index is 0.616. The lowest BCUT2D eigenvalue weighted by Gasteiger charge is -2.14. The van der Waals surface area contributed by atoms with Crippen LogP contribution in [0.3, 0.4) is 0 Å². The van der Waals surface area contributed by atoms with Gasteiger partial charge in [0.15, 0.2) is 17.5 Å². The molecule has 0 amide bonds. The SMILES string of the molecule is CCc1ccc(CN=C(NCCCOCCOC)Nc2ccc3c(c2)OCCCO3)s1. The van der Waals surface area contributed by atoms with Crippen LogP contribution in [0.5, 0.6) is 11.5 Å². The third kappa shape index (κ3) is 8.05. The zero-order valence-electron chi connectivity index (χ0n) is 18.4. The van der Waals surface area contributed by atoms with E-state index in [2.05, 4.69) is 29.7 Å². The summed E-state index contributed by atoms with van der Waals surface area (Å²) in [5.74, 6) is 2.28. The highest BCUT2D eigenvalue weighted by molar-refractivity contribution is 7.11. The zero-order valence-corrected chi connectivity index (χ0v) is 19.3. The van der Waals surface area contributed by atoms with E-state index < -0.39 is 0 Å². The van der Waals surface area contributed by atoms with Crippen LogP contribution in [0.4, 0.5) is 5.69 Å². The first-order valence-electron chi connectivity index (χ1n) is 10.9. The number of aryl methyl sites for hydroxylation is 1. The van der Waals surface area contributed by atoms with Crippen LogP contribution in [0, 0.1) is 0 Å². The maximum absolute atomic E-state index is 5.81. The van der Waals surface area contributed by atoms with Crippen LogP contribution < -0.4 is 20.1 Å². The third-order valence-electron chi connectivity index (χ3n) is 4.66. The number of aliphatic imine (C=N–C) groups is 1. The number of ether oxygens (including phenoxy) is 4. The van der Waals surface area contributed by atoms with Crippen molar-refractivity contribution in [2.45, 2.75) is 32.7 Å². The van der Waals surface area contributed by atoms with E-state index in [1.54, 1.807) is 7.11 Å². The Labute approximate surface area is 188 Å². The van der Waals surface area contributed by atoms with E-state index in [4.69, 9.17) is 23.9 Å². The van der Waals surface area contributed by atoms with Gasteiger partial charge in [-0.25, -0.2) is 4.99 Å². The molecule has 1 aromatic carbocycles. The Morgan fingerprint density at radius 3 is 2.71 bits per heavy atom. The summed E-state index contributed by atoms with van der Waals surface area (Å²) in [4.78, 5) is 7.41. The standard InChI is InChI=1S/C23H33N3O4S/c1-3-19-7-8-20(31-19)17-25-23(24-10-4-11-28-15-14-27-2)26-18-6-9-21-22(16-18)30-13-5-12-29-21/h6-9,16H,3-5,10-15,17H2,1-2H3,(H2,24,25,26). The van der Waals surface area contributed by atoms with Crippen molar-refractivity contribution in [3.05, 3.63) is 40.1 Å². The number of methoxy groups -OCH3 is 1. The summed E-state index contributed by atoms with van der Waals surface area (Å²) >= 11 is 1.81. The van der Waals surface area contributed by atoms with E-state index in [0.29, 0.717) is 39.6 Å². The number of nitrogens with one attached hydrogen (secondary N) is 2. The van der Waals surface area contributed by atoms with Crippen LogP contribution in [0.2, 0.25) is 0 Å². The lowest BCUT2D eigenvalue weighted by molar-refractivity contribution is 0.0699. The average molecular weight is 448 g/mol. The fourth-order valence-corrected chi connectivity index (χ4v) is 3.88.